The Kier molecular flexibility index (Phi) is 5.69. The average molecular weight is 532 g/mol. The van der Waals surface area contributed by atoms with Crippen molar-refractivity contribution in [3.8, 4) is 5.69 Å². The van der Waals surface area contributed by atoms with Crippen LogP contribution in [0.15, 0.2) is 77.6 Å². The molecular formula is C28H26FN5O3S. The maximum atomic E-state index is 14.2. The van der Waals surface area contributed by atoms with Crippen LogP contribution in [0.3, 0.4) is 0 Å². The van der Waals surface area contributed by atoms with Crippen LogP contribution in [0.5, 0.6) is 0 Å². The Hall–Kier alpha value is -3.89. The molecule has 3 heterocycles. The van der Waals surface area contributed by atoms with Gasteiger partial charge in [0, 0.05) is 32.5 Å². The van der Waals surface area contributed by atoms with Crippen molar-refractivity contribution in [2.24, 2.45) is 12.5 Å². The highest BCUT2D eigenvalue weighted by Gasteiger charge is 2.52. The standard InChI is InChI=1S/C28H26FN5O3S/c1-19-4-3-5-24(14-19)38(36,37)33-12-10-21-15-25-20(17-31-34(25)23-8-6-22(29)7-9-23)16-28(21,18-33)26(35)27-30-11-13-32(27)2/h3-9,11,13-15,17H,10,12,16,18H2,1-2H3. The summed E-state index contributed by atoms with van der Waals surface area (Å²) in [5.41, 5.74) is 2.89. The molecule has 0 saturated carbocycles. The number of halogens is 1. The number of hydrogen-bond donors (Lipinski definition) is 0. The Morgan fingerprint density at radius 1 is 1.13 bits per heavy atom. The summed E-state index contributed by atoms with van der Waals surface area (Å²) >= 11 is 0. The van der Waals surface area contributed by atoms with Gasteiger partial charge in [-0.3, -0.25) is 4.79 Å². The number of hydrogen-bond acceptors (Lipinski definition) is 5. The number of sulfonamides is 1. The van der Waals surface area contributed by atoms with E-state index >= 15 is 0 Å². The molecule has 1 aliphatic heterocycles. The molecule has 4 aromatic rings. The number of rotatable bonds is 5. The molecule has 38 heavy (non-hydrogen) atoms. The summed E-state index contributed by atoms with van der Waals surface area (Å²) in [4.78, 5) is 18.7. The second-order valence-corrected chi connectivity index (χ2v) is 11.9. The van der Waals surface area contributed by atoms with Gasteiger partial charge in [0.25, 0.3) is 0 Å². The number of piperidine rings is 1. The summed E-state index contributed by atoms with van der Waals surface area (Å²) < 4.78 is 45.8. The zero-order chi connectivity index (χ0) is 26.7. The molecule has 10 heteroatoms. The minimum absolute atomic E-state index is 0.00195. The lowest BCUT2D eigenvalue weighted by Crippen LogP contribution is -2.53. The van der Waals surface area contributed by atoms with Crippen LogP contribution in [0.1, 0.15) is 33.9 Å². The Balaban J connectivity index is 1.46. The molecule has 1 saturated heterocycles. The molecule has 0 N–H and O–H groups in total. The molecule has 6 rings (SSSR count). The van der Waals surface area contributed by atoms with Crippen molar-refractivity contribution in [3.05, 3.63) is 101 Å². The van der Waals surface area contributed by atoms with Gasteiger partial charge < -0.3 is 4.57 Å². The SMILES string of the molecule is Cc1cccc(S(=O)(=O)N2CCC3=Cc4c(cnn4-c4ccc(F)cc4)CC3(C(=O)c3nccn3C)C2)c1. The number of nitrogens with zero attached hydrogens (tertiary/aromatic N) is 5. The highest BCUT2D eigenvalue weighted by molar-refractivity contribution is 7.89. The molecule has 2 aromatic carbocycles. The lowest BCUT2D eigenvalue weighted by molar-refractivity contribution is 0.0760. The van der Waals surface area contributed by atoms with Crippen LogP contribution in [0.25, 0.3) is 11.8 Å². The minimum atomic E-state index is -3.83. The number of benzene rings is 2. The van der Waals surface area contributed by atoms with Crippen molar-refractivity contribution >= 4 is 21.9 Å². The predicted octanol–water partition coefficient (Wildman–Crippen LogP) is 3.96. The first kappa shape index (κ1) is 24.4. The number of Topliss-reactive ketones (excluding diaryl/α,β-unsaturated/α-hetero) is 1. The molecule has 1 aliphatic carbocycles. The average Bonchev–Trinajstić information content (AvgIpc) is 3.52. The van der Waals surface area contributed by atoms with E-state index in [0.29, 0.717) is 12.1 Å². The minimum Gasteiger partial charge on any atom is -0.332 e. The fraction of sp³-hybridized carbons (Fsp3) is 0.250. The lowest BCUT2D eigenvalue weighted by Gasteiger charge is -2.44. The Morgan fingerprint density at radius 2 is 1.92 bits per heavy atom. The van der Waals surface area contributed by atoms with Gasteiger partial charge in [-0.2, -0.15) is 9.40 Å². The summed E-state index contributed by atoms with van der Waals surface area (Å²) in [6.45, 7) is 2.10. The summed E-state index contributed by atoms with van der Waals surface area (Å²) in [7, 11) is -2.08. The number of aryl methyl sites for hydroxylation is 2. The summed E-state index contributed by atoms with van der Waals surface area (Å²) in [6.07, 6.45) is 7.59. The van der Waals surface area contributed by atoms with Crippen molar-refractivity contribution in [3.63, 3.8) is 0 Å². The fourth-order valence-corrected chi connectivity index (χ4v) is 7.14. The van der Waals surface area contributed by atoms with Crippen LogP contribution in [-0.2, 0) is 23.5 Å². The monoisotopic (exact) mass is 531 g/mol. The number of imidazole rings is 1. The summed E-state index contributed by atoms with van der Waals surface area (Å²) in [5.74, 6) is -0.282. The van der Waals surface area contributed by atoms with E-state index in [2.05, 4.69) is 10.1 Å². The van der Waals surface area contributed by atoms with E-state index < -0.39 is 15.4 Å². The normalized spacial score (nSPS) is 19.5. The van der Waals surface area contributed by atoms with Gasteiger partial charge in [0.2, 0.25) is 15.8 Å². The molecule has 1 atom stereocenters. The summed E-state index contributed by atoms with van der Waals surface area (Å²) in [6, 6.07) is 12.9. The smallest absolute Gasteiger partial charge is 0.243 e. The van der Waals surface area contributed by atoms with E-state index in [-0.39, 0.29) is 41.8 Å². The first-order valence-electron chi connectivity index (χ1n) is 12.3. The Labute approximate surface area is 220 Å². The van der Waals surface area contributed by atoms with E-state index in [4.69, 9.17) is 0 Å². The highest BCUT2D eigenvalue weighted by atomic mass is 32.2. The molecular weight excluding hydrogens is 505 g/mol. The molecule has 1 fully saturated rings. The molecule has 2 aromatic heterocycles. The number of carbonyl (C=O) groups is 1. The van der Waals surface area contributed by atoms with Gasteiger partial charge in [-0.25, -0.2) is 22.5 Å². The molecule has 2 aliphatic rings. The zero-order valence-corrected chi connectivity index (χ0v) is 21.8. The van der Waals surface area contributed by atoms with Crippen LogP contribution in [-0.4, -0.2) is 50.9 Å². The van der Waals surface area contributed by atoms with Crippen molar-refractivity contribution in [1.82, 2.24) is 23.6 Å². The summed E-state index contributed by atoms with van der Waals surface area (Å²) in [5, 5.41) is 4.54. The van der Waals surface area contributed by atoms with Gasteiger partial charge in [-0.1, -0.05) is 17.7 Å². The van der Waals surface area contributed by atoms with E-state index in [1.165, 1.54) is 16.4 Å². The van der Waals surface area contributed by atoms with Crippen LogP contribution in [0.4, 0.5) is 4.39 Å². The Morgan fingerprint density at radius 3 is 2.63 bits per heavy atom. The quantitative estimate of drug-likeness (QED) is 0.364. The maximum Gasteiger partial charge on any atom is 0.243 e. The molecule has 8 nitrogen and oxygen atoms in total. The van der Waals surface area contributed by atoms with Gasteiger partial charge in [-0.05, 0) is 73.4 Å². The van der Waals surface area contributed by atoms with E-state index in [0.717, 1.165) is 22.4 Å². The van der Waals surface area contributed by atoms with Crippen LogP contribution in [0, 0.1) is 18.2 Å². The number of ketones is 1. The van der Waals surface area contributed by atoms with Crippen LogP contribution < -0.4 is 0 Å². The first-order chi connectivity index (χ1) is 18.2. The van der Waals surface area contributed by atoms with E-state index in [1.807, 2.05) is 19.1 Å². The molecule has 0 bridgehead atoms. The maximum absolute atomic E-state index is 14.2. The highest BCUT2D eigenvalue weighted by Crippen LogP contribution is 2.47. The van der Waals surface area contributed by atoms with Crippen LogP contribution >= 0.6 is 0 Å². The van der Waals surface area contributed by atoms with Gasteiger partial charge in [0.15, 0.2) is 5.82 Å². The van der Waals surface area contributed by atoms with Crippen LogP contribution in [0.2, 0.25) is 0 Å². The van der Waals surface area contributed by atoms with Crippen molar-refractivity contribution in [2.75, 3.05) is 13.1 Å². The van der Waals surface area contributed by atoms with Gasteiger partial charge >= 0.3 is 0 Å². The van der Waals surface area contributed by atoms with Crippen molar-refractivity contribution in [1.29, 1.82) is 0 Å². The van der Waals surface area contributed by atoms with E-state index in [9.17, 15) is 17.6 Å². The molecule has 0 radical (unpaired) electrons. The third-order valence-electron chi connectivity index (χ3n) is 7.54. The lowest BCUT2D eigenvalue weighted by atomic mass is 9.66. The zero-order valence-electron chi connectivity index (χ0n) is 21.0. The first-order valence-corrected chi connectivity index (χ1v) is 13.8. The predicted molar refractivity (Wildman–Crippen MR) is 140 cm³/mol. The molecule has 0 spiro atoms. The second-order valence-electron chi connectivity index (χ2n) is 9.97. The Bertz CT molecular complexity index is 1700. The number of aromatic nitrogens is 4. The third-order valence-corrected chi connectivity index (χ3v) is 9.38. The van der Waals surface area contributed by atoms with Gasteiger partial charge in [0.05, 0.1) is 27.9 Å². The van der Waals surface area contributed by atoms with Gasteiger partial charge in [0.1, 0.15) is 5.82 Å². The third kappa shape index (κ3) is 3.83. The largest absolute Gasteiger partial charge is 0.332 e. The van der Waals surface area contributed by atoms with Gasteiger partial charge in [-0.15, -0.1) is 0 Å². The second kappa shape index (κ2) is 8.85. The molecule has 1 unspecified atom stereocenters. The van der Waals surface area contributed by atoms with Crippen molar-refractivity contribution < 1.29 is 17.6 Å². The van der Waals surface area contributed by atoms with E-state index in [1.54, 1.807) is 65.2 Å². The number of fused-ring (bicyclic) bond motifs is 2. The van der Waals surface area contributed by atoms with Crippen molar-refractivity contribution in [2.45, 2.75) is 24.7 Å². The number of carbonyl (C=O) groups excluding carboxylic acids is 1. The fourth-order valence-electron chi connectivity index (χ4n) is 5.53. The molecule has 0 amide bonds. The topological polar surface area (TPSA) is 90.1 Å². The molecule has 194 valence electrons.